The minimum Gasteiger partial charge on any atom is -0.353 e. The maximum atomic E-state index is 12.1. The molecule has 1 amide bonds. The Labute approximate surface area is 127 Å². The number of carbonyl (C=O) groups is 1. The average molecular weight is 311 g/mol. The summed E-state index contributed by atoms with van der Waals surface area (Å²) in [6.45, 7) is 0. The highest BCUT2D eigenvalue weighted by Gasteiger charge is 2.33. The third kappa shape index (κ3) is 3.87. The number of carbonyl (C=O) groups excluding carboxylic acids is 1. The van der Waals surface area contributed by atoms with Crippen LogP contribution >= 0.6 is 0 Å². The first-order valence-electron chi connectivity index (χ1n) is 8.22. The van der Waals surface area contributed by atoms with Crippen molar-refractivity contribution in [2.24, 2.45) is 17.8 Å². The van der Waals surface area contributed by atoms with Crippen LogP contribution in [0.4, 0.5) is 0 Å². The summed E-state index contributed by atoms with van der Waals surface area (Å²) in [6, 6.07) is 0.304. The van der Waals surface area contributed by atoms with Crippen molar-refractivity contribution in [1.82, 2.24) is 5.32 Å². The smallest absolute Gasteiger partial charge is 0.220 e. The molecule has 3 aliphatic rings. The van der Waals surface area contributed by atoms with Gasteiger partial charge in [0.15, 0.2) is 9.84 Å². The van der Waals surface area contributed by atoms with Gasteiger partial charge < -0.3 is 5.32 Å². The molecular weight excluding hydrogens is 286 g/mol. The van der Waals surface area contributed by atoms with Crippen molar-refractivity contribution < 1.29 is 13.2 Å². The predicted octanol–water partition coefficient (Wildman–Crippen LogP) is 2.41. The molecule has 3 rings (SSSR count). The highest BCUT2D eigenvalue weighted by atomic mass is 32.2. The van der Waals surface area contributed by atoms with Gasteiger partial charge in [-0.1, -0.05) is 31.8 Å². The Morgan fingerprint density at radius 3 is 2.57 bits per heavy atom. The highest BCUT2D eigenvalue weighted by molar-refractivity contribution is 7.94. The monoisotopic (exact) mass is 311 g/mol. The lowest BCUT2D eigenvalue weighted by Gasteiger charge is -2.39. The van der Waals surface area contributed by atoms with Crippen molar-refractivity contribution in [3.8, 4) is 0 Å². The number of amides is 1. The SMILES string of the molecule is O=C(C[C@@H]1C=CS(=O)(=O)C1)N[C@@H]1CC[C@H]2CCCC[C@@H]2C1. The molecule has 0 aromatic heterocycles. The number of fused-ring (bicyclic) bond motifs is 1. The van der Waals surface area contributed by atoms with E-state index in [1.807, 2.05) is 0 Å². The van der Waals surface area contributed by atoms with Gasteiger partial charge in [0.2, 0.25) is 5.91 Å². The van der Waals surface area contributed by atoms with Crippen LogP contribution in [0, 0.1) is 17.8 Å². The third-order valence-electron chi connectivity index (χ3n) is 5.36. The average Bonchev–Trinajstić information content (AvgIpc) is 2.77. The van der Waals surface area contributed by atoms with Gasteiger partial charge in [0.05, 0.1) is 5.75 Å². The van der Waals surface area contributed by atoms with E-state index in [-0.39, 0.29) is 17.6 Å². The number of sulfone groups is 1. The zero-order valence-electron chi connectivity index (χ0n) is 12.5. The molecule has 0 aromatic rings. The van der Waals surface area contributed by atoms with Crippen molar-refractivity contribution in [2.45, 2.75) is 57.4 Å². The molecule has 0 spiro atoms. The molecular formula is C16H25NO3S. The molecule has 118 valence electrons. The molecule has 2 fully saturated rings. The van der Waals surface area contributed by atoms with E-state index in [0.717, 1.165) is 24.7 Å². The van der Waals surface area contributed by atoms with Crippen molar-refractivity contribution in [3.05, 3.63) is 11.5 Å². The number of hydrogen-bond donors (Lipinski definition) is 1. The summed E-state index contributed by atoms with van der Waals surface area (Å²) in [6.07, 6.45) is 10.8. The van der Waals surface area contributed by atoms with Crippen LogP contribution in [0.2, 0.25) is 0 Å². The van der Waals surface area contributed by atoms with E-state index >= 15 is 0 Å². The van der Waals surface area contributed by atoms with Crippen molar-refractivity contribution >= 4 is 15.7 Å². The first kappa shape index (κ1) is 15.1. The van der Waals surface area contributed by atoms with Gasteiger partial charge in [-0.25, -0.2) is 8.42 Å². The van der Waals surface area contributed by atoms with Crippen LogP contribution in [0.1, 0.15) is 51.4 Å². The quantitative estimate of drug-likeness (QED) is 0.870. The van der Waals surface area contributed by atoms with Crippen molar-refractivity contribution in [3.63, 3.8) is 0 Å². The standard InChI is InChI=1S/C16H25NO3S/c18-16(9-12-7-8-21(19,20)11-12)17-15-6-5-13-3-1-2-4-14(13)10-15/h7-8,12-15H,1-6,9-11H2,(H,17,18)/t12-,13+,14+,15+/m0/s1. The zero-order chi connectivity index (χ0) is 14.9. The van der Waals surface area contributed by atoms with Crippen LogP contribution in [-0.4, -0.2) is 26.1 Å². The molecule has 0 aromatic carbocycles. The van der Waals surface area contributed by atoms with Crippen LogP contribution in [0.25, 0.3) is 0 Å². The minimum atomic E-state index is -3.05. The third-order valence-corrected chi connectivity index (χ3v) is 6.82. The summed E-state index contributed by atoms with van der Waals surface area (Å²) in [5, 5.41) is 4.39. The molecule has 21 heavy (non-hydrogen) atoms. The molecule has 0 unspecified atom stereocenters. The van der Waals surface area contributed by atoms with Crippen LogP contribution < -0.4 is 5.32 Å². The molecule has 2 saturated carbocycles. The second-order valence-electron chi connectivity index (χ2n) is 7.00. The summed E-state index contributed by atoms with van der Waals surface area (Å²) in [4.78, 5) is 12.1. The van der Waals surface area contributed by atoms with E-state index in [4.69, 9.17) is 0 Å². The van der Waals surface area contributed by atoms with Crippen molar-refractivity contribution in [1.29, 1.82) is 0 Å². The van der Waals surface area contributed by atoms with Gasteiger partial charge in [-0.05, 0) is 31.1 Å². The maximum Gasteiger partial charge on any atom is 0.220 e. The number of allylic oxidation sites excluding steroid dienone is 1. The summed E-state index contributed by atoms with van der Waals surface area (Å²) < 4.78 is 22.7. The molecule has 4 atom stereocenters. The molecule has 2 aliphatic carbocycles. The lowest BCUT2D eigenvalue weighted by Crippen LogP contribution is -2.42. The molecule has 1 aliphatic heterocycles. The normalized spacial score (nSPS) is 37.9. The predicted molar refractivity (Wildman–Crippen MR) is 82.3 cm³/mol. The van der Waals surface area contributed by atoms with E-state index < -0.39 is 9.84 Å². The van der Waals surface area contributed by atoms with E-state index in [9.17, 15) is 13.2 Å². The van der Waals surface area contributed by atoms with E-state index in [1.54, 1.807) is 6.08 Å². The van der Waals surface area contributed by atoms with Gasteiger partial charge in [-0.3, -0.25) is 4.79 Å². The lowest BCUT2D eigenvalue weighted by molar-refractivity contribution is -0.122. The number of rotatable bonds is 3. The molecule has 0 saturated heterocycles. The number of nitrogens with one attached hydrogen (secondary N) is 1. The second kappa shape index (κ2) is 6.11. The van der Waals surface area contributed by atoms with Crippen molar-refractivity contribution in [2.75, 3.05) is 5.75 Å². The summed E-state index contributed by atoms with van der Waals surface area (Å²) in [5.41, 5.74) is 0. The fourth-order valence-corrected chi connectivity index (χ4v) is 5.69. The molecule has 0 bridgehead atoms. The molecule has 5 heteroatoms. The van der Waals surface area contributed by atoms with Gasteiger partial charge in [-0.2, -0.15) is 0 Å². The van der Waals surface area contributed by atoms with Gasteiger partial charge in [0.25, 0.3) is 0 Å². The number of hydrogen-bond acceptors (Lipinski definition) is 3. The Bertz CT molecular complexity index is 526. The van der Waals surface area contributed by atoms with Crippen LogP contribution in [-0.2, 0) is 14.6 Å². The fraction of sp³-hybridized carbons (Fsp3) is 0.812. The first-order valence-corrected chi connectivity index (χ1v) is 9.94. The summed E-state index contributed by atoms with van der Waals surface area (Å²) in [7, 11) is -3.05. The van der Waals surface area contributed by atoms with E-state index in [1.165, 1.54) is 37.5 Å². The topological polar surface area (TPSA) is 63.2 Å². The van der Waals surface area contributed by atoms with E-state index in [0.29, 0.717) is 12.5 Å². The minimum absolute atomic E-state index is 0.0148. The Kier molecular flexibility index (Phi) is 4.38. The summed E-state index contributed by atoms with van der Waals surface area (Å²) >= 11 is 0. The lowest BCUT2D eigenvalue weighted by atomic mass is 9.69. The van der Waals surface area contributed by atoms with Crippen LogP contribution in [0.3, 0.4) is 0 Å². The molecule has 1 N–H and O–H groups in total. The van der Waals surface area contributed by atoms with Crippen LogP contribution in [0.5, 0.6) is 0 Å². The zero-order valence-corrected chi connectivity index (χ0v) is 13.3. The van der Waals surface area contributed by atoms with Gasteiger partial charge in [-0.15, -0.1) is 0 Å². The fourth-order valence-electron chi connectivity index (χ4n) is 4.30. The highest BCUT2D eigenvalue weighted by Crippen LogP contribution is 2.40. The Morgan fingerprint density at radius 2 is 1.86 bits per heavy atom. The van der Waals surface area contributed by atoms with Gasteiger partial charge >= 0.3 is 0 Å². The molecule has 1 heterocycles. The van der Waals surface area contributed by atoms with E-state index in [2.05, 4.69) is 5.32 Å². The molecule has 4 nitrogen and oxygen atoms in total. The maximum absolute atomic E-state index is 12.1. The Morgan fingerprint density at radius 1 is 1.10 bits per heavy atom. The Hall–Kier alpha value is -0.840. The van der Waals surface area contributed by atoms with Gasteiger partial charge in [0, 0.05) is 23.8 Å². The van der Waals surface area contributed by atoms with Gasteiger partial charge in [0.1, 0.15) is 0 Å². The van der Waals surface area contributed by atoms with Crippen LogP contribution in [0.15, 0.2) is 11.5 Å². The summed E-state index contributed by atoms with van der Waals surface area (Å²) in [5.74, 6) is 1.65. The Balaban J connectivity index is 1.46. The first-order chi connectivity index (χ1) is 10.0. The molecule has 0 radical (unpaired) electrons. The largest absolute Gasteiger partial charge is 0.353 e. The second-order valence-corrected chi connectivity index (χ2v) is 8.94.